The van der Waals surface area contributed by atoms with E-state index >= 15 is 9.59 Å². The van der Waals surface area contributed by atoms with Crippen molar-refractivity contribution >= 4 is 61.5 Å². The van der Waals surface area contributed by atoms with Gasteiger partial charge in [0.1, 0.15) is 40.2 Å². The number of nitrogens with two attached hydrogens (primary N) is 6. The third-order valence-electron chi connectivity index (χ3n) is 19.0. The minimum absolute atomic E-state index is 0.0302. The zero-order valence-electron chi connectivity index (χ0n) is 50.4. The van der Waals surface area contributed by atoms with Crippen LogP contribution in [0.1, 0.15) is 182 Å². The molecule has 11 rings (SSSR count). The molecule has 5 aromatic heterocycles. The summed E-state index contributed by atoms with van der Waals surface area (Å²) in [4.78, 5) is 65.3. The van der Waals surface area contributed by atoms with Crippen molar-refractivity contribution in [1.82, 2.24) is 34.7 Å². The highest BCUT2D eigenvalue weighted by Gasteiger charge is 2.50. The standard InChI is InChI=1S/C64H78N16O5S2/c1-33(45-14-10-24-79(45)5)84-49-27-42(35-17-18-48(68)73-31-35)75-60(77-49)53(81)38-13-8-21-64(57(38)70)23-19-36(55-52(64)40(30-66)59(72)87-55)43(74-32-62(3,4)83)26-41(67)44-28-50(85-34(2)46-15-11-25-80(46)6)78-61(76-44)54(82)37-12-7-20-63(56(37)69)22-9-16-47-51(63)39(29-65)58(71)86-47/h17-18,26-28,31,33-34,36,45-46,83H,7-16,19-25,32,67,69-72H2,1-6H3,(H2,68,73)/t33-,34-,36?,45-,46-,63-,64-/m0/s1. The second-order valence-electron chi connectivity index (χ2n) is 25.2. The molecule has 6 aliphatic rings. The molecule has 5 aromatic rings. The quantitative estimate of drug-likeness (QED) is 0.0362. The lowest BCUT2D eigenvalue weighted by Gasteiger charge is -2.44. The summed E-state index contributed by atoms with van der Waals surface area (Å²) in [6.07, 6.45) is 12.8. The summed E-state index contributed by atoms with van der Waals surface area (Å²) in [5.74, 6) is -0.976. The number of Topliss-reactive ketones (excluding diaryl/α,β-unsaturated/α-hetero) is 2. The number of allylic oxidation sites excluding steroid dienone is 5. The molecule has 1 unspecified atom stereocenters. The predicted octanol–water partition coefficient (Wildman–Crippen LogP) is 8.12. The summed E-state index contributed by atoms with van der Waals surface area (Å²) in [5.41, 5.74) is 43.6. The molecule has 87 heavy (non-hydrogen) atoms. The van der Waals surface area contributed by atoms with E-state index in [2.05, 4.69) is 41.0 Å². The van der Waals surface area contributed by atoms with Gasteiger partial charge in [0.2, 0.25) is 35.0 Å². The van der Waals surface area contributed by atoms with Gasteiger partial charge in [-0.3, -0.25) is 24.4 Å². The van der Waals surface area contributed by atoms with E-state index in [-0.39, 0.29) is 76.2 Å². The second kappa shape index (κ2) is 24.1. The largest absolute Gasteiger partial charge is 0.473 e. The molecule has 0 bridgehead atoms. The first kappa shape index (κ1) is 60.9. The van der Waals surface area contributed by atoms with Crippen LogP contribution in [-0.4, -0.2) is 121 Å². The van der Waals surface area contributed by atoms with Crippen LogP contribution in [0.15, 0.2) is 64.1 Å². The number of likely N-dealkylation sites (N-methyl/N-ethyl adjacent to an activating group) is 2. The minimum atomic E-state index is -1.25. The van der Waals surface area contributed by atoms with Crippen molar-refractivity contribution in [3.05, 3.63) is 108 Å². The van der Waals surface area contributed by atoms with Gasteiger partial charge in [-0.1, -0.05) is 0 Å². The third kappa shape index (κ3) is 11.4. The molecule has 21 nitrogen and oxygen atoms in total. The monoisotopic (exact) mass is 1210 g/mol. The van der Waals surface area contributed by atoms with Gasteiger partial charge in [0.25, 0.3) is 0 Å². The molecule has 2 spiro atoms. The summed E-state index contributed by atoms with van der Waals surface area (Å²) < 4.78 is 13.2. The number of carbonyl (C=O) groups is 2. The fraction of sp³-hybridized carbons (Fsp3) is 0.500. The Morgan fingerprint density at radius 1 is 0.770 bits per heavy atom. The van der Waals surface area contributed by atoms with Crippen LogP contribution < -0.4 is 43.9 Å². The van der Waals surface area contributed by atoms with Gasteiger partial charge in [-0.25, -0.2) is 15.0 Å². The molecule has 2 aliphatic heterocycles. The summed E-state index contributed by atoms with van der Waals surface area (Å²) >= 11 is 2.69. The van der Waals surface area contributed by atoms with Crippen LogP contribution >= 0.6 is 22.7 Å². The number of hydrogen-bond donors (Lipinski definition) is 7. The molecular formula is C64H78N16O5S2. The molecule has 7 heterocycles. The first-order chi connectivity index (χ1) is 41.5. The normalized spacial score (nSPS) is 24.4. The van der Waals surface area contributed by atoms with Crippen LogP contribution in [-0.2, 0) is 17.3 Å². The van der Waals surface area contributed by atoms with Crippen molar-refractivity contribution in [2.75, 3.05) is 50.9 Å². The second-order valence-corrected chi connectivity index (χ2v) is 27.4. The lowest BCUT2D eigenvalue weighted by atomic mass is 9.60. The number of nitriles is 2. The van der Waals surface area contributed by atoms with E-state index < -0.39 is 33.9 Å². The zero-order valence-corrected chi connectivity index (χ0v) is 52.0. The minimum Gasteiger partial charge on any atom is -0.473 e. The highest BCUT2D eigenvalue weighted by Crippen LogP contribution is 2.58. The highest BCUT2D eigenvalue weighted by atomic mass is 32.1. The summed E-state index contributed by atoms with van der Waals surface area (Å²) in [6, 6.07) is 11.8. The Labute approximate surface area is 515 Å². The van der Waals surface area contributed by atoms with E-state index in [0.717, 1.165) is 66.9 Å². The number of nitrogens with zero attached hydrogens (tertiary/aromatic N) is 10. The van der Waals surface area contributed by atoms with Crippen LogP contribution in [0.2, 0.25) is 0 Å². The van der Waals surface area contributed by atoms with Gasteiger partial charge < -0.3 is 49.0 Å². The number of likely N-dealkylation sites (tertiary alicyclic amines) is 2. The Morgan fingerprint density at radius 3 is 1.87 bits per heavy atom. The fourth-order valence-electron chi connectivity index (χ4n) is 14.6. The highest BCUT2D eigenvalue weighted by molar-refractivity contribution is 7.16. The van der Waals surface area contributed by atoms with Crippen LogP contribution in [0.5, 0.6) is 11.8 Å². The Morgan fingerprint density at radius 2 is 1.32 bits per heavy atom. The van der Waals surface area contributed by atoms with Crippen LogP contribution in [0, 0.1) is 22.7 Å². The van der Waals surface area contributed by atoms with Gasteiger partial charge in [-0.15, -0.1) is 22.7 Å². The average Bonchev–Trinajstić information content (AvgIpc) is 1.71. The van der Waals surface area contributed by atoms with E-state index in [4.69, 9.17) is 68.8 Å². The molecule has 0 amide bonds. The predicted molar refractivity (Wildman–Crippen MR) is 338 cm³/mol. The summed E-state index contributed by atoms with van der Waals surface area (Å²) in [5, 5.41) is 33.4. The first-order valence-corrected chi connectivity index (χ1v) is 31.9. The number of anilines is 3. The van der Waals surface area contributed by atoms with E-state index in [1.54, 1.807) is 50.4 Å². The smallest absolute Gasteiger partial charge is 0.228 e. The number of aryl methyl sites for hydroxylation is 1. The van der Waals surface area contributed by atoms with Gasteiger partial charge in [0.05, 0.1) is 40.4 Å². The van der Waals surface area contributed by atoms with E-state index in [1.165, 1.54) is 22.7 Å². The molecular weight excluding hydrogens is 1140 g/mol. The van der Waals surface area contributed by atoms with Gasteiger partial charge >= 0.3 is 0 Å². The molecule has 2 fully saturated rings. The zero-order chi connectivity index (χ0) is 61.9. The van der Waals surface area contributed by atoms with E-state index in [1.807, 2.05) is 13.8 Å². The van der Waals surface area contributed by atoms with Crippen molar-refractivity contribution in [3.8, 4) is 35.2 Å². The number of thiophene rings is 2. The van der Waals surface area contributed by atoms with E-state index in [0.29, 0.717) is 119 Å². The molecule has 23 heteroatoms. The Hall–Kier alpha value is -7.80. The van der Waals surface area contributed by atoms with E-state index in [9.17, 15) is 15.6 Å². The Balaban J connectivity index is 0.982. The number of ketones is 2. The summed E-state index contributed by atoms with van der Waals surface area (Å²) in [7, 11) is 4.14. The van der Waals surface area contributed by atoms with Gasteiger partial charge in [0.15, 0.2) is 0 Å². The lowest BCUT2D eigenvalue weighted by Crippen LogP contribution is -2.42. The van der Waals surface area contributed by atoms with Crippen molar-refractivity contribution in [1.29, 1.82) is 10.5 Å². The number of rotatable bonds is 16. The number of pyridine rings is 1. The maximum absolute atomic E-state index is 15.2. The fourth-order valence-corrected chi connectivity index (χ4v) is 17.0. The van der Waals surface area contributed by atoms with Gasteiger partial charge in [-0.2, -0.15) is 20.5 Å². The number of aliphatic imine (C=N–C) groups is 1. The van der Waals surface area contributed by atoms with Gasteiger partial charge in [-0.05, 0) is 181 Å². The third-order valence-corrected chi connectivity index (χ3v) is 21.2. The molecule has 4 aliphatic carbocycles. The number of ether oxygens (including phenoxy) is 2. The number of aromatic nitrogens is 5. The topological polar surface area (TPSA) is 360 Å². The Kier molecular flexibility index (Phi) is 16.8. The molecule has 13 N–H and O–H groups in total. The van der Waals surface area contributed by atoms with Crippen molar-refractivity contribution in [2.45, 2.75) is 171 Å². The number of aliphatic hydroxyl groups is 1. The number of nitrogen functional groups attached to an aromatic ring is 3. The number of hydrogen-bond acceptors (Lipinski definition) is 23. The maximum Gasteiger partial charge on any atom is 0.228 e. The SMILES string of the molecule is C[C@H](Oc1cc(C(N)=CC(=NCC(C)(C)O)C2CC[C@@]3(CCCC(C(=O)c4nc(O[C@@H](C)[C@@H]5CCCN5C)cc(-c5ccc(N)nc5)n4)=C3N)c3c2sc(N)c3C#N)nc(C(=O)C2=C(N)[C@@]3(CCC2)CCCc2sc(N)c(C#N)c23)n1)[C@@H]1CCCN1C. The van der Waals surface area contributed by atoms with Crippen LogP contribution in [0.25, 0.3) is 17.0 Å². The van der Waals surface area contributed by atoms with Crippen LogP contribution in [0.3, 0.4) is 0 Å². The van der Waals surface area contributed by atoms with Crippen LogP contribution in [0.4, 0.5) is 15.8 Å². The van der Waals surface area contributed by atoms with Crippen molar-refractivity contribution < 1.29 is 24.2 Å². The number of fused-ring (bicyclic) bond motifs is 4. The van der Waals surface area contributed by atoms with Crippen molar-refractivity contribution in [3.63, 3.8) is 0 Å². The van der Waals surface area contributed by atoms with Crippen molar-refractivity contribution in [2.24, 2.45) is 22.2 Å². The lowest BCUT2D eigenvalue weighted by molar-refractivity contribution is 0.0903. The first-order valence-electron chi connectivity index (χ1n) is 30.2. The molecule has 7 atom stereocenters. The number of carbonyl (C=O) groups excluding carboxylic acids is 2. The van der Waals surface area contributed by atoms with Gasteiger partial charge in [0, 0.05) is 90.7 Å². The molecule has 456 valence electrons. The molecule has 2 saturated heterocycles. The summed E-state index contributed by atoms with van der Waals surface area (Å²) in [6.45, 7) is 9.15. The maximum atomic E-state index is 15.2. The Bertz CT molecular complexity index is 3770. The molecule has 0 aromatic carbocycles. The molecule has 0 saturated carbocycles. The average molecular weight is 1220 g/mol. The molecule has 0 radical (unpaired) electrons.